The van der Waals surface area contributed by atoms with Crippen LogP contribution in [0.15, 0.2) is 48.5 Å². The van der Waals surface area contributed by atoms with Crippen molar-refractivity contribution in [3.63, 3.8) is 0 Å². The largest absolute Gasteiger partial charge is 0.351 e. The van der Waals surface area contributed by atoms with Gasteiger partial charge in [-0.1, -0.05) is 69.3 Å². The van der Waals surface area contributed by atoms with Gasteiger partial charge in [0.1, 0.15) is 0 Å². The number of rotatable bonds is 6. The Bertz CT molecular complexity index is 779. The zero-order valence-corrected chi connectivity index (χ0v) is 17.3. The molecule has 2 aromatic rings. The van der Waals surface area contributed by atoms with Crippen molar-refractivity contribution >= 4 is 5.91 Å². The normalized spacial score (nSPS) is 15.6. The first-order chi connectivity index (χ1) is 12.7. The van der Waals surface area contributed by atoms with Gasteiger partial charge >= 0.3 is 0 Å². The summed E-state index contributed by atoms with van der Waals surface area (Å²) in [5.41, 5.74) is 4.70. The summed E-state index contributed by atoms with van der Waals surface area (Å²) in [6.07, 6.45) is 1.88. The lowest BCUT2D eigenvalue weighted by molar-refractivity contribution is -0.123. The third-order valence-corrected chi connectivity index (χ3v) is 5.46. The van der Waals surface area contributed by atoms with E-state index < -0.39 is 0 Å². The van der Waals surface area contributed by atoms with Crippen LogP contribution in [-0.2, 0) is 28.7 Å². The zero-order chi connectivity index (χ0) is 19.7. The molecule has 0 aliphatic heterocycles. The van der Waals surface area contributed by atoms with Gasteiger partial charge in [0.15, 0.2) is 0 Å². The second-order valence-electron chi connectivity index (χ2n) is 9.15. The Morgan fingerprint density at radius 3 is 2.00 bits per heavy atom. The Kier molecular flexibility index (Phi) is 5.43. The number of amides is 1. The number of carbonyl (C=O) groups excluding carboxylic acids is 1. The average Bonchev–Trinajstić information content (AvgIpc) is 3.42. The van der Waals surface area contributed by atoms with Gasteiger partial charge in [0.2, 0.25) is 5.91 Å². The highest BCUT2D eigenvalue weighted by Crippen LogP contribution is 2.48. The minimum absolute atomic E-state index is 0.135. The molecule has 1 amide bonds. The number of nitrogens with one attached hydrogen (secondary N) is 1. The Balaban J connectivity index is 1.62. The quantitative estimate of drug-likeness (QED) is 0.824. The Morgan fingerprint density at radius 2 is 1.52 bits per heavy atom. The molecule has 0 bridgehead atoms. The smallest absolute Gasteiger partial charge is 0.230 e. The molecule has 3 nitrogen and oxygen atoms in total. The highest BCUT2D eigenvalue weighted by atomic mass is 16.2. The summed E-state index contributed by atoms with van der Waals surface area (Å²) < 4.78 is 0. The topological polar surface area (TPSA) is 32.3 Å². The molecule has 0 spiro atoms. The molecule has 0 unspecified atom stereocenters. The van der Waals surface area contributed by atoms with Gasteiger partial charge in [-0.25, -0.2) is 0 Å². The van der Waals surface area contributed by atoms with Gasteiger partial charge in [-0.3, -0.25) is 4.79 Å². The molecule has 1 saturated carbocycles. The molecule has 1 N–H and O–H groups in total. The van der Waals surface area contributed by atoms with Gasteiger partial charge in [-0.05, 0) is 54.6 Å². The van der Waals surface area contributed by atoms with Crippen molar-refractivity contribution < 1.29 is 4.79 Å². The van der Waals surface area contributed by atoms with Crippen LogP contribution >= 0.6 is 0 Å². The first-order valence-corrected chi connectivity index (χ1v) is 9.83. The second-order valence-corrected chi connectivity index (χ2v) is 9.15. The summed E-state index contributed by atoms with van der Waals surface area (Å²) in [5.74, 6) is 0.156. The number of hydrogen-bond acceptors (Lipinski definition) is 2. The van der Waals surface area contributed by atoms with Crippen molar-refractivity contribution in [2.45, 2.75) is 57.5 Å². The standard InChI is InChI=1S/C24H32N2O/c1-23(2,3)20-10-12-21(13-11-20)24(14-15-24)22(27)25-16-18-6-8-19(9-7-18)17-26(4)5/h6-13H,14-17H2,1-5H3,(H,25,27). The first kappa shape index (κ1) is 19.6. The average molecular weight is 365 g/mol. The number of nitrogens with zero attached hydrogens (tertiary/aromatic N) is 1. The fourth-order valence-electron chi connectivity index (χ4n) is 3.54. The molecule has 144 valence electrons. The maximum Gasteiger partial charge on any atom is 0.230 e. The van der Waals surface area contributed by atoms with E-state index in [2.05, 4.69) is 93.6 Å². The van der Waals surface area contributed by atoms with E-state index in [1.54, 1.807) is 0 Å². The molecule has 1 aliphatic carbocycles. The van der Waals surface area contributed by atoms with Crippen LogP contribution in [0.1, 0.15) is 55.9 Å². The van der Waals surface area contributed by atoms with Gasteiger partial charge < -0.3 is 10.2 Å². The predicted molar refractivity (Wildman–Crippen MR) is 112 cm³/mol. The van der Waals surface area contributed by atoms with Crippen molar-refractivity contribution in [1.29, 1.82) is 0 Å². The number of benzene rings is 2. The highest BCUT2D eigenvalue weighted by Gasteiger charge is 2.51. The molecule has 3 heteroatoms. The molecule has 1 fully saturated rings. The molecule has 0 aromatic heterocycles. The Morgan fingerprint density at radius 1 is 0.963 bits per heavy atom. The van der Waals surface area contributed by atoms with E-state index in [1.807, 2.05) is 0 Å². The minimum Gasteiger partial charge on any atom is -0.351 e. The molecule has 0 saturated heterocycles. The van der Waals surface area contributed by atoms with Gasteiger partial charge in [-0.2, -0.15) is 0 Å². The van der Waals surface area contributed by atoms with Gasteiger partial charge in [0, 0.05) is 13.1 Å². The molecular weight excluding hydrogens is 332 g/mol. The molecule has 0 atom stereocenters. The summed E-state index contributed by atoms with van der Waals surface area (Å²) in [5, 5.41) is 3.16. The van der Waals surface area contributed by atoms with E-state index in [-0.39, 0.29) is 16.7 Å². The zero-order valence-electron chi connectivity index (χ0n) is 17.3. The third kappa shape index (κ3) is 4.59. The third-order valence-electron chi connectivity index (χ3n) is 5.46. The van der Waals surface area contributed by atoms with Gasteiger partial charge in [-0.15, -0.1) is 0 Å². The fraction of sp³-hybridized carbons (Fsp3) is 0.458. The fourth-order valence-corrected chi connectivity index (χ4v) is 3.54. The summed E-state index contributed by atoms with van der Waals surface area (Å²) >= 11 is 0. The van der Waals surface area contributed by atoms with E-state index in [0.29, 0.717) is 6.54 Å². The van der Waals surface area contributed by atoms with Crippen LogP contribution < -0.4 is 5.32 Å². The molecule has 0 radical (unpaired) electrons. The van der Waals surface area contributed by atoms with E-state index in [4.69, 9.17) is 0 Å². The predicted octanol–water partition coefficient (Wildman–Crippen LogP) is 4.39. The minimum atomic E-state index is -0.318. The number of carbonyl (C=O) groups is 1. The summed E-state index contributed by atoms with van der Waals surface area (Å²) in [6, 6.07) is 17.1. The van der Waals surface area contributed by atoms with Crippen LogP contribution in [0.25, 0.3) is 0 Å². The summed E-state index contributed by atoms with van der Waals surface area (Å²) in [7, 11) is 4.13. The lowest BCUT2D eigenvalue weighted by atomic mass is 9.85. The maximum absolute atomic E-state index is 12.9. The van der Waals surface area contributed by atoms with Crippen LogP contribution in [-0.4, -0.2) is 24.9 Å². The van der Waals surface area contributed by atoms with Crippen molar-refractivity contribution in [3.8, 4) is 0 Å². The molecule has 1 aliphatic rings. The summed E-state index contributed by atoms with van der Waals surface area (Å²) in [4.78, 5) is 15.0. The lowest BCUT2D eigenvalue weighted by Gasteiger charge is -2.21. The molecular formula is C24H32N2O. The van der Waals surface area contributed by atoms with E-state index >= 15 is 0 Å². The van der Waals surface area contributed by atoms with Crippen molar-refractivity contribution in [3.05, 3.63) is 70.8 Å². The van der Waals surface area contributed by atoms with Crippen LogP contribution in [0.3, 0.4) is 0 Å². The maximum atomic E-state index is 12.9. The van der Waals surface area contributed by atoms with Gasteiger partial charge in [0.25, 0.3) is 0 Å². The Labute approximate surface area is 163 Å². The monoisotopic (exact) mass is 364 g/mol. The van der Waals surface area contributed by atoms with Crippen molar-refractivity contribution in [2.75, 3.05) is 14.1 Å². The SMILES string of the molecule is CN(C)Cc1ccc(CNC(=O)C2(c3ccc(C(C)(C)C)cc3)CC2)cc1. The first-order valence-electron chi connectivity index (χ1n) is 9.83. The number of hydrogen-bond donors (Lipinski definition) is 1. The second kappa shape index (κ2) is 7.47. The molecule has 2 aromatic carbocycles. The van der Waals surface area contributed by atoms with E-state index in [0.717, 1.165) is 30.5 Å². The van der Waals surface area contributed by atoms with E-state index in [1.165, 1.54) is 11.1 Å². The highest BCUT2D eigenvalue weighted by molar-refractivity contribution is 5.91. The van der Waals surface area contributed by atoms with Crippen LogP contribution in [0, 0.1) is 0 Å². The molecule has 0 heterocycles. The van der Waals surface area contributed by atoms with Crippen LogP contribution in [0.5, 0.6) is 0 Å². The van der Waals surface area contributed by atoms with Crippen molar-refractivity contribution in [2.24, 2.45) is 0 Å². The van der Waals surface area contributed by atoms with Gasteiger partial charge in [0.05, 0.1) is 5.41 Å². The van der Waals surface area contributed by atoms with Crippen LogP contribution in [0.4, 0.5) is 0 Å². The Hall–Kier alpha value is -2.13. The van der Waals surface area contributed by atoms with Crippen molar-refractivity contribution in [1.82, 2.24) is 10.2 Å². The van der Waals surface area contributed by atoms with Crippen LogP contribution in [0.2, 0.25) is 0 Å². The lowest BCUT2D eigenvalue weighted by Crippen LogP contribution is -2.34. The van der Waals surface area contributed by atoms with E-state index in [9.17, 15) is 4.79 Å². The molecule has 3 rings (SSSR count). The molecule has 27 heavy (non-hydrogen) atoms. The summed E-state index contributed by atoms with van der Waals surface area (Å²) in [6.45, 7) is 8.16.